The van der Waals surface area contributed by atoms with Crippen LogP contribution in [0.5, 0.6) is 0 Å². The molecule has 0 saturated heterocycles. The van der Waals surface area contributed by atoms with Gasteiger partial charge in [0, 0.05) is 16.8 Å². The minimum atomic E-state index is 0. The predicted molar refractivity (Wildman–Crippen MR) is 8.66 cm³/mol. The molecule has 1 radical (unpaired) electrons. The minimum Gasteiger partial charge on any atom is -1.00 e. The van der Waals surface area contributed by atoms with Crippen molar-refractivity contribution in [2.24, 2.45) is 0 Å². The molecule has 0 aliphatic heterocycles. The van der Waals surface area contributed by atoms with E-state index in [2.05, 4.69) is 0 Å². The van der Waals surface area contributed by atoms with E-state index < -0.39 is 0 Å². The van der Waals surface area contributed by atoms with Gasteiger partial charge in [-0.3, -0.25) is 0 Å². The van der Waals surface area contributed by atoms with Gasteiger partial charge >= 0.3 is 51.4 Å². The van der Waals surface area contributed by atoms with E-state index in [9.17, 15) is 0 Å². The molecule has 0 aromatic heterocycles. The third-order valence-corrected chi connectivity index (χ3v) is 0. The minimum absolute atomic E-state index is 0. The van der Waals surface area contributed by atoms with E-state index in [1.165, 1.54) is 0 Å². The SMILES string of the molecule is N#CO.[Co].[H-].[K+]. The summed E-state index contributed by atoms with van der Waals surface area (Å²) < 4.78 is 0. The first-order valence-corrected chi connectivity index (χ1v) is 0.447. The number of aliphatic hydroxyl groups excluding tert-OH is 1. The number of nitrogens with zero attached hydrogens (tertiary/aromatic N) is 1. The van der Waals surface area contributed by atoms with Gasteiger partial charge in [0.25, 0.3) is 6.26 Å². The first-order valence-electron chi connectivity index (χ1n) is 0.447. The van der Waals surface area contributed by atoms with Crippen molar-refractivity contribution in [1.82, 2.24) is 0 Å². The zero-order chi connectivity index (χ0) is 2.71. The van der Waals surface area contributed by atoms with Crippen molar-refractivity contribution in [2.45, 2.75) is 0 Å². The Morgan fingerprint density at radius 3 is 1.80 bits per heavy atom. The summed E-state index contributed by atoms with van der Waals surface area (Å²) in [6, 6.07) is 0. The zero-order valence-corrected chi connectivity index (χ0v) is 6.89. The molecule has 0 fully saturated rings. The predicted octanol–water partition coefficient (Wildman–Crippen LogP) is -3.05. The van der Waals surface area contributed by atoms with Crippen LogP contribution in [0.1, 0.15) is 1.43 Å². The van der Waals surface area contributed by atoms with E-state index in [1.807, 2.05) is 0 Å². The largest absolute Gasteiger partial charge is 1.00 e. The fraction of sp³-hybridized carbons (Fsp3) is 0. The quantitative estimate of drug-likeness (QED) is 0.288. The Labute approximate surface area is 84.7 Å². The van der Waals surface area contributed by atoms with Crippen molar-refractivity contribution in [3.8, 4) is 6.26 Å². The van der Waals surface area contributed by atoms with Crippen LogP contribution in [0.25, 0.3) is 0 Å². The smallest absolute Gasteiger partial charge is 1.00 e. The third kappa shape index (κ3) is 31.2. The molecule has 4 heteroatoms. The molecule has 0 aliphatic carbocycles. The van der Waals surface area contributed by atoms with Crippen LogP contribution >= 0.6 is 0 Å². The van der Waals surface area contributed by atoms with Gasteiger partial charge in [0.2, 0.25) is 0 Å². The van der Waals surface area contributed by atoms with Gasteiger partial charge in [-0.2, -0.15) is 5.26 Å². The Morgan fingerprint density at radius 2 is 1.80 bits per heavy atom. The standard InChI is InChI=1S/CHNO.Co.K.H/c2-1-3;;;/h3H;;;/q;;+1;-1. The number of rotatable bonds is 0. The second-order valence-corrected chi connectivity index (χ2v) is 0.100. The van der Waals surface area contributed by atoms with E-state index in [1.54, 1.807) is 0 Å². The van der Waals surface area contributed by atoms with Crippen LogP contribution in [0.4, 0.5) is 0 Å². The molecule has 27 valence electrons. The molecule has 0 atom stereocenters. The molecule has 0 saturated carbocycles. The van der Waals surface area contributed by atoms with Crippen molar-refractivity contribution in [1.29, 1.82) is 5.26 Å². The Balaban J connectivity index is -0.00000000667. The van der Waals surface area contributed by atoms with Gasteiger partial charge in [-0.15, -0.1) is 0 Å². The maximum Gasteiger partial charge on any atom is 1.00 e. The van der Waals surface area contributed by atoms with E-state index >= 15 is 0 Å². The molecule has 0 heterocycles. The molecule has 0 aromatic carbocycles. The van der Waals surface area contributed by atoms with Crippen LogP contribution in [0.3, 0.4) is 0 Å². The molecule has 0 rings (SSSR count). The molecule has 5 heavy (non-hydrogen) atoms. The van der Waals surface area contributed by atoms with Crippen LogP contribution in [0, 0.1) is 11.5 Å². The monoisotopic (exact) mass is 142 g/mol. The van der Waals surface area contributed by atoms with Crippen molar-refractivity contribution < 1.29 is 74.7 Å². The normalized spacial score (nSPS) is 1.40. The summed E-state index contributed by atoms with van der Waals surface area (Å²) in [5, 5.41) is 13.8. The van der Waals surface area contributed by atoms with Gasteiger partial charge in [-0.25, -0.2) is 0 Å². The summed E-state index contributed by atoms with van der Waals surface area (Å²) in [5.41, 5.74) is 0. The molecule has 1 N–H and O–H groups in total. The van der Waals surface area contributed by atoms with Gasteiger partial charge in [0.1, 0.15) is 0 Å². The topological polar surface area (TPSA) is 44.0 Å². The molecule has 0 aromatic rings. The summed E-state index contributed by atoms with van der Waals surface area (Å²) in [6.07, 6.45) is 0.750. The summed E-state index contributed by atoms with van der Waals surface area (Å²) in [5.74, 6) is 0. The first-order chi connectivity index (χ1) is 1.41. The molecular weight excluding hydrogens is 140 g/mol. The van der Waals surface area contributed by atoms with Crippen molar-refractivity contribution in [3.05, 3.63) is 0 Å². The van der Waals surface area contributed by atoms with Crippen LogP contribution in [0.2, 0.25) is 0 Å². The fourth-order valence-electron chi connectivity index (χ4n) is 0. The maximum absolute atomic E-state index is 6.88. The van der Waals surface area contributed by atoms with Crippen LogP contribution in [-0.2, 0) is 16.8 Å². The van der Waals surface area contributed by atoms with Gasteiger partial charge in [0.05, 0.1) is 0 Å². The van der Waals surface area contributed by atoms with E-state index in [4.69, 9.17) is 10.4 Å². The molecule has 0 bridgehead atoms. The van der Waals surface area contributed by atoms with Gasteiger partial charge in [-0.05, 0) is 0 Å². The molecule has 0 unspecified atom stereocenters. The van der Waals surface area contributed by atoms with Crippen LogP contribution in [0.15, 0.2) is 0 Å². The molecule has 2 nitrogen and oxygen atoms in total. The van der Waals surface area contributed by atoms with Crippen molar-refractivity contribution >= 4 is 0 Å². The summed E-state index contributed by atoms with van der Waals surface area (Å²) in [7, 11) is 0. The van der Waals surface area contributed by atoms with Crippen LogP contribution in [-0.4, -0.2) is 5.11 Å². The van der Waals surface area contributed by atoms with Crippen LogP contribution < -0.4 is 51.4 Å². The third-order valence-electron chi connectivity index (χ3n) is 0. The molecule has 0 amide bonds. The average Bonchev–Trinajstić information content (AvgIpc) is 0.918. The molecular formula is CH2CoKNO. The summed E-state index contributed by atoms with van der Waals surface area (Å²) in [6.45, 7) is 0. The number of aliphatic hydroxyl groups is 1. The van der Waals surface area contributed by atoms with Gasteiger partial charge in [0.15, 0.2) is 0 Å². The Hall–Kier alpha value is 1.43. The van der Waals surface area contributed by atoms with Gasteiger partial charge < -0.3 is 6.53 Å². The van der Waals surface area contributed by atoms with E-state index in [0.29, 0.717) is 0 Å². The van der Waals surface area contributed by atoms with E-state index in [0.717, 1.165) is 6.26 Å². The zero-order valence-electron chi connectivity index (χ0n) is 3.73. The Morgan fingerprint density at radius 1 is 1.80 bits per heavy atom. The van der Waals surface area contributed by atoms with Crippen molar-refractivity contribution in [2.75, 3.05) is 0 Å². The van der Waals surface area contributed by atoms with E-state index in [-0.39, 0.29) is 69.6 Å². The molecule has 0 spiro atoms. The average molecular weight is 142 g/mol. The van der Waals surface area contributed by atoms with Crippen molar-refractivity contribution in [3.63, 3.8) is 0 Å². The Kier molecular flexibility index (Phi) is 58.1. The summed E-state index contributed by atoms with van der Waals surface area (Å²) >= 11 is 0. The number of nitriles is 1. The number of hydrogen-bond donors (Lipinski definition) is 1. The maximum atomic E-state index is 6.88. The summed E-state index contributed by atoms with van der Waals surface area (Å²) in [4.78, 5) is 0. The Bertz CT molecular complexity index is 37.0. The second-order valence-electron chi connectivity index (χ2n) is 0.100. The molecule has 0 aliphatic rings. The van der Waals surface area contributed by atoms with Gasteiger partial charge in [-0.1, -0.05) is 0 Å². The number of hydrogen-bond acceptors (Lipinski definition) is 2. The second kappa shape index (κ2) is 18.0. The fourth-order valence-corrected chi connectivity index (χ4v) is 0. The first kappa shape index (κ1) is 16.1.